The second-order valence-electron chi connectivity index (χ2n) is 5.85. The van der Waals surface area contributed by atoms with Gasteiger partial charge in [0.15, 0.2) is 5.58 Å². The molecule has 2 aromatic carbocycles. The number of oxazole rings is 1. The van der Waals surface area contributed by atoms with Gasteiger partial charge >= 0.3 is 11.8 Å². The van der Waals surface area contributed by atoms with E-state index in [2.05, 4.69) is 16.7 Å². The third kappa shape index (κ3) is 3.17. The van der Waals surface area contributed by atoms with Crippen LogP contribution >= 0.6 is 0 Å². The van der Waals surface area contributed by atoms with Gasteiger partial charge in [0.25, 0.3) is 0 Å². The zero-order valence-corrected chi connectivity index (χ0v) is 13.8. The molecular weight excluding hydrogens is 306 g/mol. The number of amides is 2. The predicted molar refractivity (Wildman–Crippen MR) is 93.2 cm³/mol. The van der Waals surface area contributed by atoms with Gasteiger partial charge in [-0.25, -0.2) is 9.59 Å². The molecule has 0 saturated carbocycles. The van der Waals surface area contributed by atoms with Crippen LogP contribution in [0, 0.1) is 13.8 Å². The molecule has 0 radical (unpaired) electrons. The Kier molecular flexibility index (Phi) is 4.12. The molecule has 2 amide bonds. The lowest BCUT2D eigenvalue weighted by molar-refractivity contribution is 0.251. The van der Waals surface area contributed by atoms with E-state index < -0.39 is 5.76 Å². The van der Waals surface area contributed by atoms with Crippen molar-refractivity contribution in [1.29, 1.82) is 0 Å². The number of hydrogen-bond donors (Lipinski definition) is 2. The number of rotatable bonds is 3. The Labute approximate surface area is 139 Å². The zero-order valence-electron chi connectivity index (χ0n) is 13.8. The highest BCUT2D eigenvalue weighted by Crippen LogP contribution is 2.17. The first-order valence-corrected chi connectivity index (χ1v) is 7.64. The van der Waals surface area contributed by atoms with Crippen molar-refractivity contribution in [3.05, 3.63) is 63.6 Å². The molecule has 0 aliphatic carbocycles. The molecule has 0 unspecified atom stereocenters. The summed E-state index contributed by atoms with van der Waals surface area (Å²) in [6, 6.07) is 10.9. The van der Waals surface area contributed by atoms with E-state index in [9.17, 15) is 9.59 Å². The number of urea groups is 1. The van der Waals surface area contributed by atoms with Crippen molar-refractivity contribution in [2.75, 3.05) is 5.32 Å². The number of aryl methyl sites for hydroxylation is 3. The highest BCUT2D eigenvalue weighted by Gasteiger charge is 2.08. The Hall–Kier alpha value is -3.02. The van der Waals surface area contributed by atoms with Gasteiger partial charge in [-0.2, -0.15) is 0 Å². The molecule has 6 heteroatoms. The lowest BCUT2D eigenvalue weighted by Gasteiger charge is -2.10. The molecule has 0 aliphatic rings. The maximum Gasteiger partial charge on any atom is 0.419 e. The van der Waals surface area contributed by atoms with Gasteiger partial charge < -0.3 is 15.1 Å². The van der Waals surface area contributed by atoms with E-state index in [4.69, 9.17) is 4.42 Å². The van der Waals surface area contributed by atoms with Crippen LogP contribution in [0.4, 0.5) is 10.5 Å². The SMILES string of the molecule is Cc1ccc(CNC(=O)Nc2ccc3oc(=O)n(C)c3c2)c(C)c1. The van der Waals surface area contributed by atoms with Crippen LogP contribution in [0.1, 0.15) is 16.7 Å². The average Bonchev–Trinajstić information content (AvgIpc) is 2.81. The number of carbonyl (C=O) groups excluding carboxylic acids is 1. The maximum atomic E-state index is 12.1. The number of benzene rings is 2. The van der Waals surface area contributed by atoms with Crippen LogP contribution in [0.25, 0.3) is 11.1 Å². The Balaban J connectivity index is 1.68. The van der Waals surface area contributed by atoms with Crippen molar-refractivity contribution in [2.45, 2.75) is 20.4 Å². The van der Waals surface area contributed by atoms with Gasteiger partial charge in [0.1, 0.15) is 0 Å². The summed E-state index contributed by atoms with van der Waals surface area (Å²) in [5, 5.41) is 5.60. The minimum atomic E-state index is -0.429. The first-order chi connectivity index (χ1) is 11.4. The van der Waals surface area contributed by atoms with Crippen molar-refractivity contribution in [3.8, 4) is 0 Å². The first kappa shape index (κ1) is 15.9. The van der Waals surface area contributed by atoms with E-state index in [-0.39, 0.29) is 6.03 Å². The zero-order chi connectivity index (χ0) is 17.3. The quantitative estimate of drug-likeness (QED) is 0.777. The summed E-state index contributed by atoms with van der Waals surface area (Å²) < 4.78 is 6.46. The summed E-state index contributed by atoms with van der Waals surface area (Å²) >= 11 is 0. The van der Waals surface area contributed by atoms with E-state index in [1.165, 1.54) is 10.1 Å². The average molecular weight is 325 g/mol. The fourth-order valence-electron chi connectivity index (χ4n) is 2.60. The molecule has 1 aromatic heterocycles. The highest BCUT2D eigenvalue weighted by atomic mass is 16.4. The Morgan fingerprint density at radius 3 is 2.71 bits per heavy atom. The standard InChI is InChI=1S/C18H19N3O3/c1-11-4-5-13(12(2)8-11)10-19-17(22)20-14-6-7-16-15(9-14)21(3)18(23)24-16/h4-9H,10H2,1-3H3,(H2,19,20,22). The maximum absolute atomic E-state index is 12.1. The van der Waals surface area contributed by atoms with Crippen LogP contribution < -0.4 is 16.4 Å². The van der Waals surface area contributed by atoms with Gasteiger partial charge in [0, 0.05) is 19.3 Å². The van der Waals surface area contributed by atoms with E-state index in [0.29, 0.717) is 23.3 Å². The second kappa shape index (κ2) is 6.23. The van der Waals surface area contributed by atoms with Crippen LogP contribution in [0.2, 0.25) is 0 Å². The van der Waals surface area contributed by atoms with Crippen molar-refractivity contribution < 1.29 is 9.21 Å². The fraction of sp³-hybridized carbons (Fsp3) is 0.222. The van der Waals surface area contributed by atoms with Gasteiger partial charge in [-0.1, -0.05) is 23.8 Å². The summed E-state index contributed by atoms with van der Waals surface area (Å²) in [4.78, 5) is 23.6. The van der Waals surface area contributed by atoms with E-state index in [1.807, 2.05) is 26.0 Å². The lowest BCUT2D eigenvalue weighted by Crippen LogP contribution is -2.28. The molecule has 0 atom stereocenters. The summed E-state index contributed by atoms with van der Waals surface area (Å²) in [5.74, 6) is -0.429. The van der Waals surface area contributed by atoms with Crippen molar-refractivity contribution in [3.63, 3.8) is 0 Å². The lowest BCUT2D eigenvalue weighted by atomic mass is 10.1. The van der Waals surface area contributed by atoms with Crippen molar-refractivity contribution >= 4 is 22.8 Å². The third-order valence-corrected chi connectivity index (χ3v) is 3.99. The molecule has 0 aliphatic heterocycles. The first-order valence-electron chi connectivity index (χ1n) is 7.64. The molecule has 2 N–H and O–H groups in total. The molecule has 24 heavy (non-hydrogen) atoms. The third-order valence-electron chi connectivity index (χ3n) is 3.99. The molecule has 124 valence electrons. The molecule has 0 fully saturated rings. The number of nitrogens with zero attached hydrogens (tertiary/aromatic N) is 1. The van der Waals surface area contributed by atoms with Gasteiger partial charge in [-0.3, -0.25) is 4.57 Å². The predicted octanol–water partition coefficient (Wildman–Crippen LogP) is 3.07. The normalized spacial score (nSPS) is 10.8. The number of fused-ring (bicyclic) bond motifs is 1. The van der Waals surface area contributed by atoms with Crippen LogP contribution in [0.3, 0.4) is 0 Å². The number of nitrogens with one attached hydrogen (secondary N) is 2. The van der Waals surface area contributed by atoms with Gasteiger partial charge in [0.05, 0.1) is 5.52 Å². The fourth-order valence-corrected chi connectivity index (χ4v) is 2.60. The van der Waals surface area contributed by atoms with Crippen LogP contribution in [0.15, 0.2) is 45.6 Å². The Bertz CT molecular complexity index is 969. The van der Waals surface area contributed by atoms with Crippen molar-refractivity contribution in [2.24, 2.45) is 7.05 Å². The van der Waals surface area contributed by atoms with Crippen molar-refractivity contribution in [1.82, 2.24) is 9.88 Å². The molecule has 0 bridgehead atoms. The highest BCUT2D eigenvalue weighted by molar-refractivity contribution is 5.91. The molecular formula is C18H19N3O3. The monoisotopic (exact) mass is 325 g/mol. The number of anilines is 1. The van der Waals surface area contributed by atoms with Crippen LogP contribution in [0.5, 0.6) is 0 Å². The van der Waals surface area contributed by atoms with Gasteiger partial charge in [-0.15, -0.1) is 0 Å². The summed E-state index contributed by atoms with van der Waals surface area (Å²) in [7, 11) is 1.62. The van der Waals surface area contributed by atoms with E-state index in [1.54, 1.807) is 25.2 Å². The number of carbonyl (C=O) groups is 1. The largest absolute Gasteiger partial charge is 0.419 e. The second-order valence-corrected chi connectivity index (χ2v) is 5.85. The summed E-state index contributed by atoms with van der Waals surface area (Å²) in [6.07, 6.45) is 0. The molecule has 6 nitrogen and oxygen atoms in total. The smallest absolute Gasteiger partial charge is 0.408 e. The van der Waals surface area contributed by atoms with Gasteiger partial charge in [-0.05, 0) is 43.2 Å². The Morgan fingerprint density at radius 1 is 1.17 bits per heavy atom. The molecule has 0 saturated heterocycles. The summed E-state index contributed by atoms with van der Waals surface area (Å²) in [5.41, 5.74) is 5.13. The number of hydrogen-bond acceptors (Lipinski definition) is 3. The minimum absolute atomic E-state index is 0.303. The Morgan fingerprint density at radius 2 is 1.96 bits per heavy atom. The summed E-state index contributed by atoms with van der Waals surface area (Å²) in [6.45, 7) is 4.51. The van der Waals surface area contributed by atoms with Gasteiger partial charge in [0.2, 0.25) is 0 Å². The van der Waals surface area contributed by atoms with Crippen LogP contribution in [-0.4, -0.2) is 10.6 Å². The molecule has 1 heterocycles. The molecule has 0 spiro atoms. The minimum Gasteiger partial charge on any atom is -0.408 e. The van der Waals surface area contributed by atoms with E-state index in [0.717, 1.165) is 11.1 Å². The molecule has 3 rings (SSSR count). The number of aromatic nitrogens is 1. The van der Waals surface area contributed by atoms with E-state index >= 15 is 0 Å². The topological polar surface area (TPSA) is 76.3 Å². The van der Waals surface area contributed by atoms with Crippen LogP contribution in [-0.2, 0) is 13.6 Å². The molecule has 3 aromatic rings.